The molecular weight excluding hydrogens is 294 g/mol. The molecule has 3 nitrogen and oxygen atoms in total. The molecule has 0 radical (unpaired) electrons. The van der Waals surface area contributed by atoms with Crippen LogP contribution in [0.2, 0.25) is 0 Å². The summed E-state index contributed by atoms with van der Waals surface area (Å²) in [6.07, 6.45) is 0. The van der Waals surface area contributed by atoms with Crippen molar-refractivity contribution in [3.05, 3.63) is 58.1 Å². The van der Waals surface area contributed by atoms with E-state index in [1.807, 2.05) is 6.07 Å². The Bertz CT molecular complexity index is 605. The quantitative estimate of drug-likeness (QED) is 0.942. The first kappa shape index (κ1) is 12.6. The smallest absolute Gasteiger partial charge is 0.145 e. The van der Waals surface area contributed by atoms with Crippen molar-refractivity contribution in [3.8, 4) is 17.6 Å². The van der Waals surface area contributed by atoms with Crippen molar-refractivity contribution in [3.63, 3.8) is 0 Å². The minimum Gasteiger partial charge on any atom is -0.456 e. The average Bonchev–Trinajstić information content (AvgIpc) is 2.41. The van der Waals surface area contributed by atoms with Crippen molar-refractivity contribution in [1.82, 2.24) is 0 Å². The molecule has 0 heterocycles. The lowest BCUT2D eigenvalue weighted by Crippen LogP contribution is -1.93. The van der Waals surface area contributed by atoms with Gasteiger partial charge in [0.05, 0.1) is 12.2 Å². The molecule has 0 aliphatic rings. The molecule has 2 rings (SSSR count). The molecule has 0 aliphatic carbocycles. The highest BCUT2D eigenvalue weighted by atomic mass is 79.9. The average molecular weight is 304 g/mol. The Morgan fingerprint density at radius 2 is 1.94 bits per heavy atom. The number of para-hydroxylation sites is 1. The van der Waals surface area contributed by atoms with Gasteiger partial charge in [-0.3, -0.25) is 0 Å². The lowest BCUT2D eigenvalue weighted by molar-refractivity contribution is 0.276. The number of hydrogen-bond acceptors (Lipinski definition) is 3. The molecule has 0 unspecified atom stereocenters. The molecule has 2 aromatic carbocycles. The summed E-state index contributed by atoms with van der Waals surface area (Å²) in [5, 5.41) is 18.3. The molecule has 0 amide bonds. The van der Waals surface area contributed by atoms with Crippen LogP contribution in [-0.4, -0.2) is 5.11 Å². The molecule has 0 aromatic heterocycles. The summed E-state index contributed by atoms with van der Waals surface area (Å²) in [4.78, 5) is 0. The summed E-state index contributed by atoms with van der Waals surface area (Å²) in [6, 6.07) is 14.4. The number of aliphatic hydroxyl groups is 1. The Morgan fingerprint density at radius 3 is 2.67 bits per heavy atom. The minimum absolute atomic E-state index is 0.122. The summed E-state index contributed by atoms with van der Waals surface area (Å²) in [5.41, 5.74) is 1.13. The van der Waals surface area contributed by atoms with E-state index in [4.69, 9.17) is 10.00 Å². The summed E-state index contributed by atoms with van der Waals surface area (Å²) < 4.78 is 6.54. The van der Waals surface area contributed by atoms with Crippen LogP contribution < -0.4 is 4.74 Å². The molecule has 0 saturated carbocycles. The van der Waals surface area contributed by atoms with E-state index in [0.717, 1.165) is 4.47 Å². The number of benzene rings is 2. The van der Waals surface area contributed by atoms with Crippen LogP contribution >= 0.6 is 15.9 Å². The largest absolute Gasteiger partial charge is 0.456 e. The van der Waals surface area contributed by atoms with Gasteiger partial charge in [-0.25, -0.2) is 0 Å². The summed E-state index contributed by atoms with van der Waals surface area (Å²) in [5.74, 6) is 1.03. The van der Waals surface area contributed by atoms with E-state index < -0.39 is 0 Å². The van der Waals surface area contributed by atoms with Gasteiger partial charge in [-0.05, 0) is 30.3 Å². The third-order valence-corrected chi connectivity index (χ3v) is 2.91. The highest BCUT2D eigenvalue weighted by molar-refractivity contribution is 9.10. The van der Waals surface area contributed by atoms with Gasteiger partial charge in [0.2, 0.25) is 0 Å². The zero-order chi connectivity index (χ0) is 13.0. The molecular formula is C14H10BrNO2. The van der Waals surface area contributed by atoms with E-state index in [2.05, 4.69) is 22.0 Å². The number of nitrogens with zero attached hydrogens (tertiary/aromatic N) is 1. The SMILES string of the molecule is N#Cc1ccccc1Oc1ccc(Br)cc1CO. The summed E-state index contributed by atoms with van der Waals surface area (Å²) in [6.45, 7) is -0.122. The Hall–Kier alpha value is -1.83. The highest BCUT2D eigenvalue weighted by Gasteiger charge is 2.08. The monoisotopic (exact) mass is 303 g/mol. The second-order valence-electron chi connectivity index (χ2n) is 3.62. The van der Waals surface area contributed by atoms with Crippen molar-refractivity contribution in [2.24, 2.45) is 0 Å². The van der Waals surface area contributed by atoms with E-state index in [0.29, 0.717) is 22.6 Å². The van der Waals surface area contributed by atoms with Crippen LogP contribution in [0.3, 0.4) is 0 Å². The van der Waals surface area contributed by atoms with Gasteiger partial charge in [0.1, 0.15) is 17.6 Å². The maximum atomic E-state index is 9.28. The zero-order valence-electron chi connectivity index (χ0n) is 9.43. The van der Waals surface area contributed by atoms with Crippen molar-refractivity contribution in [1.29, 1.82) is 5.26 Å². The fourth-order valence-corrected chi connectivity index (χ4v) is 1.95. The third-order valence-electron chi connectivity index (χ3n) is 2.42. The van der Waals surface area contributed by atoms with Gasteiger partial charge in [-0.15, -0.1) is 0 Å². The van der Waals surface area contributed by atoms with Crippen LogP contribution in [0.1, 0.15) is 11.1 Å². The third kappa shape index (κ3) is 2.70. The number of nitriles is 1. The Labute approximate surface area is 113 Å². The first-order valence-electron chi connectivity index (χ1n) is 5.31. The van der Waals surface area contributed by atoms with Gasteiger partial charge in [0.15, 0.2) is 0 Å². The molecule has 18 heavy (non-hydrogen) atoms. The van der Waals surface area contributed by atoms with Crippen molar-refractivity contribution in [2.45, 2.75) is 6.61 Å². The van der Waals surface area contributed by atoms with Gasteiger partial charge < -0.3 is 9.84 Å². The topological polar surface area (TPSA) is 53.2 Å². The maximum Gasteiger partial charge on any atom is 0.145 e. The molecule has 4 heteroatoms. The van der Waals surface area contributed by atoms with Crippen LogP contribution in [0.15, 0.2) is 46.9 Å². The number of ether oxygens (including phenoxy) is 1. The molecule has 2 aromatic rings. The normalized spacial score (nSPS) is 9.83. The standard InChI is InChI=1S/C14H10BrNO2/c15-12-5-6-14(11(7-12)9-17)18-13-4-2-1-3-10(13)8-16/h1-7,17H,9H2. The van der Waals surface area contributed by atoms with Gasteiger partial charge in [0, 0.05) is 10.0 Å². The molecule has 0 aliphatic heterocycles. The Morgan fingerprint density at radius 1 is 1.17 bits per heavy atom. The van der Waals surface area contributed by atoms with E-state index in [-0.39, 0.29) is 6.61 Å². The second-order valence-corrected chi connectivity index (χ2v) is 4.54. The van der Waals surface area contributed by atoms with E-state index in [1.165, 1.54) is 0 Å². The number of rotatable bonds is 3. The first-order chi connectivity index (χ1) is 8.74. The van der Waals surface area contributed by atoms with Crippen LogP contribution in [0.4, 0.5) is 0 Å². The summed E-state index contributed by atoms with van der Waals surface area (Å²) >= 11 is 3.33. The molecule has 0 atom stereocenters. The maximum absolute atomic E-state index is 9.28. The Balaban J connectivity index is 2.37. The fourth-order valence-electron chi connectivity index (χ4n) is 1.54. The predicted octanol–water partition coefficient (Wildman–Crippen LogP) is 3.61. The van der Waals surface area contributed by atoms with Crippen molar-refractivity contribution < 1.29 is 9.84 Å². The van der Waals surface area contributed by atoms with Crippen LogP contribution in [0.25, 0.3) is 0 Å². The van der Waals surface area contributed by atoms with Gasteiger partial charge in [0.25, 0.3) is 0 Å². The minimum atomic E-state index is -0.122. The van der Waals surface area contributed by atoms with Crippen LogP contribution in [0, 0.1) is 11.3 Å². The number of hydrogen-bond donors (Lipinski definition) is 1. The number of aliphatic hydroxyl groups excluding tert-OH is 1. The first-order valence-corrected chi connectivity index (χ1v) is 6.10. The van der Waals surface area contributed by atoms with Gasteiger partial charge >= 0.3 is 0 Å². The molecule has 0 bridgehead atoms. The fraction of sp³-hybridized carbons (Fsp3) is 0.0714. The molecule has 1 N–H and O–H groups in total. The lowest BCUT2D eigenvalue weighted by atomic mass is 10.2. The molecule has 0 spiro atoms. The number of halogens is 1. The predicted molar refractivity (Wildman–Crippen MR) is 71.3 cm³/mol. The van der Waals surface area contributed by atoms with E-state index >= 15 is 0 Å². The Kier molecular flexibility index (Phi) is 3.98. The summed E-state index contributed by atoms with van der Waals surface area (Å²) in [7, 11) is 0. The van der Waals surface area contributed by atoms with Gasteiger partial charge in [-0.1, -0.05) is 28.1 Å². The van der Waals surface area contributed by atoms with Crippen LogP contribution in [0.5, 0.6) is 11.5 Å². The van der Waals surface area contributed by atoms with Crippen LogP contribution in [-0.2, 0) is 6.61 Å². The molecule has 0 fully saturated rings. The van der Waals surface area contributed by atoms with E-state index in [1.54, 1.807) is 36.4 Å². The molecule has 90 valence electrons. The van der Waals surface area contributed by atoms with Crippen molar-refractivity contribution >= 4 is 15.9 Å². The van der Waals surface area contributed by atoms with Gasteiger partial charge in [-0.2, -0.15) is 5.26 Å². The highest BCUT2D eigenvalue weighted by Crippen LogP contribution is 2.29. The lowest BCUT2D eigenvalue weighted by Gasteiger charge is -2.11. The van der Waals surface area contributed by atoms with Crippen molar-refractivity contribution in [2.75, 3.05) is 0 Å². The zero-order valence-corrected chi connectivity index (χ0v) is 11.0. The second kappa shape index (κ2) is 5.67. The van der Waals surface area contributed by atoms with E-state index in [9.17, 15) is 5.11 Å². The molecule has 0 saturated heterocycles.